The molecule has 0 aliphatic heterocycles. The Bertz CT molecular complexity index is 274. The van der Waals surface area contributed by atoms with E-state index in [4.69, 9.17) is 0 Å². The van der Waals surface area contributed by atoms with Crippen LogP contribution in [0, 0.1) is 0 Å². The van der Waals surface area contributed by atoms with Crippen molar-refractivity contribution in [2.24, 2.45) is 0 Å². The smallest absolute Gasteiger partial charge is 0.115 e. The van der Waals surface area contributed by atoms with Gasteiger partial charge in [-0.25, -0.2) is 9.97 Å². The van der Waals surface area contributed by atoms with E-state index in [-0.39, 0.29) is 0 Å². The Morgan fingerprint density at radius 1 is 1.06 bits per heavy atom. The highest BCUT2D eigenvalue weighted by Crippen LogP contribution is 2.18. The number of aromatic nitrogens is 2. The van der Waals surface area contributed by atoms with Crippen molar-refractivity contribution >= 4 is 0 Å². The molecule has 1 atom stereocenters. The number of hydrogen-bond acceptors (Lipinski definition) is 3. The van der Waals surface area contributed by atoms with Gasteiger partial charge < -0.3 is 5.32 Å². The summed E-state index contributed by atoms with van der Waals surface area (Å²) in [5, 5.41) is 3.34. The summed E-state index contributed by atoms with van der Waals surface area (Å²) in [4.78, 5) is 8.14. The molecule has 0 radical (unpaired) electrons. The van der Waals surface area contributed by atoms with Crippen molar-refractivity contribution in [3.63, 3.8) is 0 Å². The van der Waals surface area contributed by atoms with Gasteiger partial charge in [-0.15, -0.1) is 0 Å². The first-order chi connectivity index (χ1) is 8.38. The zero-order valence-electron chi connectivity index (χ0n) is 11.2. The van der Waals surface area contributed by atoms with Gasteiger partial charge in [0.1, 0.15) is 6.33 Å². The van der Waals surface area contributed by atoms with Crippen LogP contribution in [0.1, 0.15) is 63.5 Å². The lowest BCUT2D eigenvalue weighted by Gasteiger charge is -2.15. The molecule has 0 aliphatic rings. The SMILES string of the molecule is CCCCCCCCC(NC)c1cncnc1. The van der Waals surface area contributed by atoms with Crippen molar-refractivity contribution in [2.45, 2.75) is 57.9 Å². The predicted molar refractivity (Wildman–Crippen MR) is 71.8 cm³/mol. The molecule has 1 aromatic rings. The average Bonchev–Trinajstić information content (AvgIpc) is 2.39. The van der Waals surface area contributed by atoms with Gasteiger partial charge in [0.15, 0.2) is 0 Å². The van der Waals surface area contributed by atoms with Crippen molar-refractivity contribution in [1.82, 2.24) is 15.3 Å². The van der Waals surface area contributed by atoms with Crippen LogP contribution in [0.2, 0.25) is 0 Å². The van der Waals surface area contributed by atoms with Crippen LogP contribution < -0.4 is 5.32 Å². The highest BCUT2D eigenvalue weighted by atomic mass is 14.9. The summed E-state index contributed by atoms with van der Waals surface area (Å²) in [5.74, 6) is 0. The van der Waals surface area contributed by atoms with E-state index in [1.54, 1.807) is 6.33 Å². The molecule has 0 aromatic carbocycles. The van der Waals surface area contributed by atoms with Crippen LogP contribution in [0.15, 0.2) is 18.7 Å². The number of rotatable bonds is 9. The highest BCUT2D eigenvalue weighted by molar-refractivity contribution is 5.08. The molecule has 1 rings (SSSR count). The van der Waals surface area contributed by atoms with Gasteiger partial charge in [-0.3, -0.25) is 0 Å². The minimum atomic E-state index is 0.405. The van der Waals surface area contributed by atoms with Gasteiger partial charge in [0, 0.05) is 24.0 Å². The van der Waals surface area contributed by atoms with Crippen molar-refractivity contribution in [3.05, 3.63) is 24.3 Å². The molecule has 1 heterocycles. The maximum Gasteiger partial charge on any atom is 0.115 e. The summed E-state index contributed by atoms with van der Waals surface area (Å²) < 4.78 is 0. The van der Waals surface area contributed by atoms with Crippen LogP contribution in [-0.4, -0.2) is 17.0 Å². The Morgan fingerprint density at radius 2 is 1.71 bits per heavy atom. The molecule has 96 valence electrons. The maximum absolute atomic E-state index is 4.07. The molecule has 17 heavy (non-hydrogen) atoms. The number of unbranched alkanes of at least 4 members (excludes halogenated alkanes) is 5. The van der Waals surface area contributed by atoms with Crippen LogP contribution >= 0.6 is 0 Å². The molecular weight excluding hydrogens is 210 g/mol. The van der Waals surface area contributed by atoms with Crippen molar-refractivity contribution < 1.29 is 0 Å². The van der Waals surface area contributed by atoms with Crippen LogP contribution in [0.3, 0.4) is 0 Å². The summed E-state index contributed by atoms with van der Waals surface area (Å²) in [7, 11) is 2.01. The van der Waals surface area contributed by atoms with E-state index >= 15 is 0 Å². The summed E-state index contributed by atoms with van der Waals surface area (Å²) in [5.41, 5.74) is 1.20. The Kier molecular flexibility index (Phi) is 7.56. The molecule has 1 N–H and O–H groups in total. The van der Waals surface area contributed by atoms with Crippen LogP contribution in [-0.2, 0) is 0 Å². The van der Waals surface area contributed by atoms with Gasteiger partial charge in [-0.05, 0) is 13.5 Å². The Balaban J connectivity index is 2.20. The van der Waals surface area contributed by atoms with Crippen LogP contribution in [0.5, 0.6) is 0 Å². The maximum atomic E-state index is 4.07. The molecule has 0 spiro atoms. The van der Waals surface area contributed by atoms with Crippen molar-refractivity contribution in [3.8, 4) is 0 Å². The summed E-state index contributed by atoms with van der Waals surface area (Å²) in [6.07, 6.45) is 14.6. The molecule has 3 nitrogen and oxygen atoms in total. The Morgan fingerprint density at radius 3 is 2.35 bits per heavy atom. The first-order valence-electron chi connectivity index (χ1n) is 6.80. The quantitative estimate of drug-likeness (QED) is 0.666. The van der Waals surface area contributed by atoms with Crippen molar-refractivity contribution in [2.75, 3.05) is 7.05 Å². The lowest BCUT2D eigenvalue weighted by atomic mass is 10.0. The summed E-state index contributed by atoms with van der Waals surface area (Å²) in [6.45, 7) is 2.26. The first kappa shape index (κ1) is 14.1. The second kappa shape index (κ2) is 9.11. The van der Waals surface area contributed by atoms with Crippen LogP contribution in [0.25, 0.3) is 0 Å². The molecule has 0 saturated carbocycles. The molecule has 0 saturated heterocycles. The normalized spacial score (nSPS) is 12.6. The van der Waals surface area contributed by atoms with Crippen molar-refractivity contribution in [1.29, 1.82) is 0 Å². The molecule has 0 aliphatic carbocycles. The van der Waals surface area contributed by atoms with E-state index in [9.17, 15) is 0 Å². The second-order valence-corrected chi connectivity index (χ2v) is 4.57. The van der Waals surface area contributed by atoms with Gasteiger partial charge >= 0.3 is 0 Å². The van der Waals surface area contributed by atoms with E-state index in [2.05, 4.69) is 22.2 Å². The number of nitrogens with one attached hydrogen (secondary N) is 1. The van der Waals surface area contributed by atoms with E-state index in [1.165, 1.54) is 50.5 Å². The minimum Gasteiger partial charge on any atom is -0.313 e. The topological polar surface area (TPSA) is 37.8 Å². The fraction of sp³-hybridized carbons (Fsp3) is 0.714. The molecule has 0 amide bonds. The van der Waals surface area contributed by atoms with E-state index in [0.29, 0.717) is 6.04 Å². The molecule has 0 fully saturated rings. The molecular formula is C14H25N3. The van der Waals surface area contributed by atoms with Gasteiger partial charge in [0.2, 0.25) is 0 Å². The Labute approximate surface area is 105 Å². The van der Waals surface area contributed by atoms with E-state index in [0.717, 1.165) is 0 Å². The zero-order valence-corrected chi connectivity index (χ0v) is 11.2. The third-order valence-corrected chi connectivity index (χ3v) is 3.18. The molecule has 3 heteroatoms. The highest BCUT2D eigenvalue weighted by Gasteiger charge is 2.08. The monoisotopic (exact) mass is 235 g/mol. The lowest BCUT2D eigenvalue weighted by Crippen LogP contribution is -2.16. The summed E-state index contributed by atoms with van der Waals surface area (Å²) in [6, 6.07) is 0.405. The largest absolute Gasteiger partial charge is 0.313 e. The predicted octanol–water partition coefficient (Wildman–Crippen LogP) is 3.49. The summed E-state index contributed by atoms with van der Waals surface area (Å²) >= 11 is 0. The minimum absolute atomic E-state index is 0.405. The van der Waals surface area contributed by atoms with E-state index < -0.39 is 0 Å². The number of nitrogens with zero attached hydrogens (tertiary/aromatic N) is 2. The fourth-order valence-electron chi connectivity index (χ4n) is 2.10. The number of hydrogen-bond donors (Lipinski definition) is 1. The van der Waals surface area contributed by atoms with E-state index in [1.807, 2.05) is 19.4 Å². The van der Waals surface area contributed by atoms with Gasteiger partial charge in [0.25, 0.3) is 0 Å². The lowest BCUT2D eigenvalue weighted by molar-refractivity contribution is 0.495. The standard InChI is InChI=1S/C14H25N3/c1-3-4-5-6-7-8-9-14(15-2)13-10-16-12-17-11-13/h10-12,14-15H,3-9H2,1-2H3. The Hall–Kier alpha value is -0.960. The zero-order chi connectivity index (χ0) is 12.3. The molecule has 1 unspecified atom stereocenters. The fourth-order valence-corrected chi connectivity index (χ4v) is 2.10. The van der Waals surface area contributed by atoms with Crippen LogP contribution in [0.4, 0.5) is 0 Å². The van der Waals surface area contributed by atoms with Gasteiger partial charge in [0.05, 0.1) is 0 Å². The molecule has 1 aromatic heterocycles. The third kappa shape index (κ3) is 5.78. The third-order valence-electron chi connectivity index (χ3n) is 3.18. The average molecular weight is 235 g/mol. The second-order valence-electron chi connectivity index (χ2n) is 4.57. The van der Waals surface area contributed by atoms with Gasteiger partial charge in [-0.1, -0.05) is 45.4 Å². The molecule has 0 bridgehead atoms. The first-order valence-corrected chi connectivity index (χ1v) is 6.80. The van der Waals surface area contributed by atoms with Gasteiger partial charge in [-0.2, -0.15) is 0 Å².